The monoisotopic (exact) mass is 370 g/mol. The summed E-state index contributed by atoms with van der Waals surface area (Å²) in [6.45, 7) is 5.58. The highest BCUT2D eigenvalue weighted by molar-refractivity contribution is 7.09. The first-order valence-electron chi connectivity index (χ1n) is 8.76. The number of halogens is 1. The molecule has 0 spiro atoms. The summed E-state index contributed by atoms with van der Waals surface area (Å²) >= 11 is 1.61. The van der Waals surface area contributed by atoms with Crippen LogP contribution in [0.4, 0.5) is 4.39 Å². The highest BCUT2D eigenvalue weighted by Gasteiger charge is 2.35. The normalized spacial score (nSPS) is 28.4. The number of aromatic nitrogens is 1. The Bertz CT molecular complexity index is 599. The van der Waals surface area contributed by atoms with Gasteiger partial charge in [0.15, 0.2) is 0 Å². The molecule has 1 aromatic rings. The summed E-state index contributed by atoms with van der Waals surface area (Å²) in [6, 6.07) is 0.0206. The van der Waals surface area contributed by atoms with Gasteiger partial charge in [-0.1, -0.05) is 0 Å². The summed E-state index contributed by atoms with van der Waals surface area (Å²) in [6.07, 6.45) is -0.794. The molecule has 1 aromatic heterocycles. The van der Waals surface area contributed by atoms with Crippen LogP contribution in [0.3, 0.4) is 0 Å². The molecule has 3 rings (SSSR count). The van der Waals surface area contributed by atoms with Crippen molar-refractivity contribution in [3.05, 3.63) is 16.1 Å². The number of ether oxygens (including phenoxy) is 1. The maximum absolute atomic E-state index is 14.0. The van der Waals surface area contributed by atoms with Gasteiger partial charge in [0, 0.05) is 51.2 Å². The van der Waals surface area contributed by atoms with Crippen LogP contribution < -0.4 is 0 Å². The van der Waals surface area contributed by atoms with E-state index in [-0.39, 0.29) is 11.9 Å². The molecule has 0 aliphatic carbocycles. The molecule has 0 saturated carbocycles. The van der Waals surface area contributed by atoms with Gasteiger partial charge in [0.05, 0.1) is 17.3 Å². The topological polar surface area (TPSA) is 48.9 Å². The van der Waals surface area contributed by atoms with E-state index in [1.165, 1.54) is 0 Å². The van der Waals surface area contributed by atoms with Gasteiger partial charge in [-0.2, -0.15) is 0 Å². The number of morpholine rings is 1. The Balaban J connectivity index is 1.58. The summed E-state index contributed by atoms with van der Waals surface area (Å²) in [5.74, 6) is -0.0155. The molecule has 3 atom stereocenters. The molecule has 0 N–H and O–H groups in total. The zero-order valence-corrected chi connectivity index (χ0v) is 16.0. The van der Waals surface area contributed by atoms with Crippen molar-refractivity contribution in [2.75, 3.05) is 46.9 Å². The van der Waals surface area contributed by atoms with E-state index in [1.54, 1.807) is 23.3 Å². The third-order valence-corrected chi connectivity index (χ3v) is 5.74. The number of carbonyl (C=O) groups excluding carboxylic acids is 1. The molecule has 0 bridgehead atoms. The smallest absolute Gasteiger partial charge is 0.252 e. The minimum absolute atomic E-state index is 0.0155. The van der Waals surface area contributed by atoms with Crippen LogP contribution in [-0.2, 0) is 16.1 Å². The first-order chi connectivity index (χ1) is 11.9. The lowest BCUT2D eigenvalue weighted by atomic mass is 10.1. The lowest BCUT2D eigenvalue weighted by molar-refractivity contribution is -0.148. The van der Waals surface area contributed by atoms with Gasteiger partial charge in [-0.15, -0.1) is 11.3 Å². The lowest BCUT2D eigenvalue weighted by Gasteiger charge is -2.33. The van der Waals surface area contributed by atoms with Crippen LogP contribution in [0, 0.1) is 6.92 Å². The Kier molecular flexibility index (Phi) is 6.04. The molecule has 2 fully saturated rings. The van der Waals surface area contributed by atoms with Crippen molar-refractivity contribution in [1.29, 1.82) is 0 Å². The van der Waals surface area contributed by atoms with Gasteiger partial charge in [0.25, 0.3) is 5.91 Å². The van der Waals surface area contributed by atoms with E-state index >= 15 is 0 Å². The highest BCUT2D eigenvalue weighted by Crippen LogP contribution is 2.24. The Morgan fingerprint density at radius 3 is 3.00 bits per heavy atom. The van der Waals surface area contributed by atoms with Crippen LogP contribution in [0.1, 0.15) is 17.1 Å². The van der Waals surface area contributed by atoms with Crippen LogP contribution in [-0.4, -0.2) is 90.8 Å². The van der Waals surface area contributed by atoms with Gasteiger partial charge < -0.3 is 14.5 Å². The van der Waals surface area contributed by atoms with Crippen molar-refractivity contribution in [2.24, 2.45) is 0 Å². The number of thiazole rings is 1. The van der Waals surface area contributed by atoms with Gasteiger partial charge in [-0.3, -0.25) is 9.69 Å². The third kappa shape index (κ3) is 4.75. The minimum atomic E-state index is -0.842. The molecule has 0 aromatic carbocycles. The van der Waals surface area contributed by atoms with Crippen LogP contribution in [0.25, 0.3) is 0 Å². The second kappa shape index (κ2) is 8.07. The van der Waals surface area contributed by atoms with Gasteiger partial charge in [0.1, 0.15) is 12.3 Å². The van der Waals surface area contributed by atoms with E-state index in [4.69, 9.17) is 4.74 Å². The zero-order valence-electron chi connectivity index (χ0n) is 15.2. The van der Waals surface area contributed by atoms with E-state index < -0.39 is 12.3 Å². The van der Waals surface area contributed by atoms with Crippen LogP contribution in [0.15, 0.2) is 5.38 Å². The van der Waals surface area contributed by atoms with Crippen LogP contribution in [0.5, 0.6) is 0 Å². The zero-order chi connectivity index (χ0) is 18.0. The quantitative estimate of drug-likeness (QED) is 0.778. The Labute approximate surface area is 152 Å². The molecule has 2 aliphatic rings. The number of nitrogens with zero attached hydrogens (tertiary/aromatic N) is 4. The number of carbonyl (C=O) groups is 1. The molecule has 8 heteroatoms. The van der Waals surface area contributed by atoms with E-state index in [1.807, 2.05) is 19.4 Å². The van der Waals surface area contributed by atoms with Crippen molar-refractivity contribution < 1.29 is 13.9 Å². The van der Waals surface area contributed by atoms with Crippen molar-refractivity contribution in [3.63, 3.8) is 0 Å². The predicted molar refractivity (Wildman–Crippen MR) is 95.4 cm³/mol. The number of alkyl halides is 1. The minimum Gasteiger partial charge on any atom is -0.366 e. The summed E-state index contributed by atoms with van der Waals surface area (Å²) in [7, 11) is 3.78. The van der Waals surface area contributed by atoms with Gasteiger partial charge >= 0.3 is 0 Å². The highest BCUT2D eigenvalue weighted by atomic mass is 32.1. The van der Waals surface area contributed by atoms with E-state index in [2.05, 4.69) is 14.8 Å². The summed E-state index contributed by atoms with van der Waals surface area (Å²) < 4.78 is 19.6. The summed E-state index contributed by atoms with van der Waals surface area (Å²) in [5, 5.41) is 3.05. The molecule has 3 heterocycles. The molecule has 0 radical (unpaired) electrons. The fourth-order valence-electron chi connectivity index (χ4n) is 3.57. The number of rotatable bonds is 5. The number of likely N-dealkylation sites (N-methyl/N-ethyl adjacent to an activating group) is 2. The largest absolute Gasteiger partial charge is 0.366 e. The number of likely N-dealkylation sites (tertiary alicyclic amines) is 1. The van der Waals surface area contributed by atoms with E-state index in [0.717, 1.165) is 17.2 Å². The molecule has 2 aliphatic heterocycles. The van der Waals surface area contributed by atoms with Gasteiger partial charge in [-0.25, -0.2) is 9.37 Å². The van der Waals surface area contributed by atoms with Gasteiger partial charge in [0.2, 0.25) is 0 Å². The van der Waals surface area contributed by atoms with Gasteiger partial charge in [-0.05, 0) is 20.4 Å². The van der Waals surface area contributed by atoms with Crippen LogP contribution >= 0.6 is 11.3 Å². The number of aryl methyl sites for hydroxylation is 1. The first-order valence-corrected chi connectivity index (χ1v) is 9.64. The number of amides is 1. The Morgan fingerprint density at radius 2 is 2.32 bits per heavy atom. The second-order valence-electron chi connectivity index (χ2n) is 7.11. The van der Waals surface area contributed by atoms with Crippen molar-refractivity contribution in [3.8, 4) is 0 Å². The molecular formula is C17H27FN4O2S. The fraction of sp³-hybridized carbons (Fsp3) is 0.765. The fourth-order valence-corrected chi connectivity index (χ4v) is 4.18. The van der Waals surface area contributed by atoms with Crippen molar-refractivity contribution in [1.82, 2.24) is 19.7 Å². The molecule has 0 unspecified atom stereocenters. The first kappa shape index (κ1) is 18.7. The number of hydrogen-bond acceptors (Lipinski definition) is 6. The number of hydrogen-bond donors (Lipinski definition) is 0. The van der Waals surface area contributed by atoms with E-state index in [0.29, 0.717) is 39.2 Å². The Morgan fingerprint density at radius 1 is 1.52 bits per heavy atom. The maximum Gasteiger partial charge on any atom is 0.252 e. The summed E-state index contributed by atoms with van der Waals surface area (Å²) in [4.78, 5) is 23.0. The molecule has 25 heavy (non-hydrogen) atoms. The summed E-state index contributed by atoms with van der Waals surface area (Å²) in [5.41, 5.74) is 0.979. The third-order valence-electron chi connectivity index (χ3n) is 4.91. The predicted octanol–water partition coefficient (Wildman–Crippen LogP) is 1.15. The standard InChI is InChI=1S/C17H27FN4O2S/c1-12-19-14(11-25-12)8-22-7-13(18)6-15(22)9-21(3)17(23)16-10-20(2)4-5-24-16/h11,13,15-16H,4-10H2,1-3H3/t13-,15-,16-/m0/s1. The van der Waals surface area contributed by atoms with Crippen molar-refractivity contribution >= 4 is 17.2 Å². The Hall–Kier alpha value is -1.09. The molecule has 1 amide bonds. The average molecular weight is 370 g/mol. The van der Waals surface area contributed by atoms with Crippen molar-refractivity contribution in [2.45, 2.75) is 38.2 Å². The molecular weight excluding hydrogens is 343 g/mol. The second-order valence-corrected chi connectivity index (χ2v) is 8.18. The molecule has 6 nitrogen and oxygen atoms in total. The van der Waals surface area contributed by atoms with Crippen LogP contribution in [0.2, 0.25) is 0 Å². The molecule has 2 saturated heterocycles. The SMILES string of the molecule is Cc1nc(CN2C[C@@H](F)C[C@H]2CN(C)C(=O)[C@@H]2CN(C)CCO2)cs1. The lowest BCUT2D eigenvalue weighted by Crippen LogP contribution is -2.51. The molecule has 140 valence electrons. The van der Waals surface area contributed by atoms with E-state index in [9.17, 15) is 9.18 Å². The maximum atomic E-state index is 14.0. The average Bonchev–Trinajstić information content (AvgIpc) is 3.12.